The van der Waals surface area contributed by atoms with Crippen LogP contribution in [0.15, 0.2) is 53.4 Å². The number of halogens is 1. The molecular formula is C22H25ClN2O4S. The van der Waals surface area contributed by atoms with Gasteiger partial charge in [-0.05, 0) is 56.5 Å². The Balaban J connectivity index is 1.80. The molecule has 2 atom stereocenters. The van der Waals surface area contributed by atoms with Crippen LogP contribution in [0.25, 0.3) is 0 Å². The molecule has 0 spiro atoms. The first-order valence-corrected chi connectivity index (χ1v) is 11.7. The van der Waals surface area contributed by atoms with E-state index in [1.54, 1.807) is 12.1 Å². The Labute approximate surface area is 182 Å². The van der Waals surface area contributed by atoms with Crippen molar-refractivity contribution in [3.63, 3.8) is 0 Å². The van der Waals surface area contributed by atoms with Crippen molar-refractivity contribution < 1.29 is 18.0 Å². The minimum Gasteiger partial charge on any atom is -0.348 e. The lowest BCUT2D eigenvalue weighted by atomic mass is 10.0. The van der Waals surface area contributed by atoms with Gasteiger partial charge in [-0.15, -0.1) is 0 Å². The smallest absolute Gasteiger partial charge is 0.243 e. The number of amides is 1. The summed E-state index contributed by atoms with van der Waals surface area (Å²) in [5, 5.41) is 3.54. The third-order valence-electron chi connectivity index (χ3n) is 5.35. The summed E-state index contributed by atoms with van der Waals surface area (Å²) in [6.45, 7) is 3.56. The van der Waals surface area contributed by atoms with Gasteiger partial charge in [0.1, 0.15) is 6.04 Å². The molecule has 1 N–H and O–H groups in total. The zero-order valence-electron chi connectivity index (χ0n) is 17.0. The molecule has 1 saturated heterocycles. The minimum atomic E-state index is -3.86. The predicted octanol–water partition coefficient (Wildman–Crippen LogP) is 3.96. The largest absolute Gasteiger partial charge is 0.348 e. The molecule has 0 bridgehead atoms. The van der Waals surface area contributed by atoms with Crippen molar-refractivity contribution in [2.24, 2.45) is 0 Å². The van der Waals surface area contributed by atoms with Crippen LogP contribution in [0.3, 0.4) is 0 Å². The number of ketones is 1. The number of rotatable bonds is 6. The maximum atomic E-state index is 13.2. The number of carbonyl (C=O) groups is 2. The molecule has 0 aromatic heterocycles. The quantitative estimate of drug-likeness (QED) is 0.678. The van der Waals surface area contributed by atoms with Crippen LogP contribution < -0.4 is 5.32 Å². The fourth-order valence-electron chi connectivity index (χ4n) is 3.60. The molecule has 160 valence electrons. The van der Waals surface area contributed by atoms with E-state index < -0.39 is 16.1 Å². The van der Waals surface area contributed by atoms with E-state index >= 15 is 0 Å². The number of nitrogens with zero attached hydrogens (tertiary/aromatic N) is 1. The summed E-state index contributed by atoms with van der Waals surface area (Å²) >= 11 is 5.92. The summed E-state index contributed by atoms with van der Waals surface area (Å²) in [6.07, 6.45) is 1.94. The van der Waals surface area contributed by atoms with Crippen molar-refractivity contribution in [2.75, 3.05) is 6.54 Å². The van der Waals surface area contributed by atoms with Crippen LogP contribution in [0.4, 0.5) is 0 Å². The Kier molecular flexibility index (Phi) is 6.95. The Bertz CT molecular complexity index is 1020. The zero-order valence-corrected chi connectivity index (χ0v) is 18.5. The van der Waals surface area contributed by atoms with E-state index in [4.69, 9.17) is 11.6 Å². The van der Waals surface area contributed by atoms with Gasteiger partial charge in [0.2, 0.25) is 15.9 Å². The molecule has 1 aliphatic rings. The van der Waals surface area contributed by atoms with Crippen LogP contribution in [0.1, 0.15) is 55.1 Å². The number of carbonyl (C=O) groups excluding carboxylic acids is 2. The predicted molar refractivity (Wildman–Crippen MR) is 116 cm³/mol. The van der Waals surface area contributed by atoms with Crippen molar-refractivity contribution in [3.05, 3.63) is 64.7 Å². The monoisotopic (exact) mass is 448 g/mol. The standard InChI is InChI=1S/C22H25ClN2O4S/c1-15(17-6-10-19(23)11-7-17)24-22(27)21-5-3-4-14-25(21)30(28,29)20-12-8-18(9-13-20)16(2)26/h6-13,15,21H,3-5,14H2,1-2H3,(H,24,27). The average Bonchev–Trinajstić information content (AvgIpc) is 2.74. The number of piperidine rings is 1. The second-order valence-corrected chi connectivity index (χ2v) is 9.82. The molecule has 0 aliphatic carbocycles. The van der Waals surface area contributed by atoms with Crippen LogP contribution >= 0.6 is 11.6 Å². The highest BCUT2D eigenvalue weighted by Gasteiger charge is 2.38. The molecule has 0 saturated carbocycles. The summed E-state index contributed by atoms with van der Waals surface area (Å²) < 4.78 is 27.7. The van der Waals surface area contributed by atoms with E-state index in [1.807, 2.05) is 19.1 Å². The highest BCUT2D eigenvalue weighted by atomic mass is 35.5. The normalized spacial score (nSPS) is 18.6. The summed E-state index contributed by atoms with van der Waals surface area (Å²) in [4.78, 5) is 24.5. The van der Waals surface area contributed by atoms with Gasteiger partial charge in [-0.3, -0.25) is 9.59 Å². The molecule has 1 fully saturated rings. The van der Waals surface area contributed by atoms with Gasteiger partial charge in [-0.2, -0.15) is 4.31 Å². The molecule has 8 heteroatoms. The highest BCUT2D eigenvalue weighted by Crippen LogP contribution is 2.27. The molecule has 1 aliphatic heterocycles. The van der Waals surface area contributed by atoms with Crippen LogP contribution in [-0.2, 0) is 14.8 Å². The number of hydrogen-bond acceptors (Lipinski definition) is 4. The Morgan fingerprint density at radius 2 is 1.70 bits per heavy atom. The number of sulfonamides is 1. The van der Waals surface area contributed by atoms with E-state index in [1.165, 1.54) is 35.5 Å². The van der Waals surface area contributed by atoms with Gasteiger partial charge >= 0.3 is 0 Å². The van der Waals surface area contributed by atoms with Gasteiger partial charge < -0.3 is 5.32 Å². The molecule has 6 nitrogen and oxygen atoms in total. The highest BCUT2D eigenvalue weighted by molar-refractivity contribution is 7.89. The Morgan fingerprint density at radius 3 is 2.30 bits per heavy atom. The maximum Gasteiger partial charge on any atom is 0.243 e. The van der Waals surface area contributed by atoms with Crippen LogP contribution in [0.5, 0.6) is 0 Å². The SMILES string of the molecule is CC(=O)c1ccc(S(=O)(=O)N2CCCCC2C(=O)NC(C)c2ccc(Cl)cc2)cc1. The van der Waals surface area contributed by atoms with Crippen molar-refractivity contribution >= 4 is 33.3 Å². The van der Waals surface area contributed by atoms with Crippen LogP contribution in [0, 0.1) is 0 Å². The number of benzene rings is 2. The van der Waals surface area contributed by atoms with E-state index in [0.29, 0.717) is 23.4 Å². The molecule has 1 amide bonds. The zero-order chi connectivity index (χ0) is 21.9. The molecule has 2 aromatic carbocycles. The summed E-state index contributed by atoms with van der Waals surface area (Å²) in [6, 6.07) is 12.0. The maximum absolute atomic E-state index is 13.2. The van der Waals surface area contributed by atoms with Gasteiger partial charge in [0, 0.05) is 17.1 Å². The third kappa shape index (κ3) is 4.91. The summed E-state index contributed by atoms with van der Waals surface area (Å²) in [7, 11) is -3.86. The first-order chi connectivity index (χ1) is 14.2. The molecule has 30 heavy (non-hydrogen) atoms. The Hall–Kier alpha value is -2.22. The fourth-order valence-corrected chi connectivity index (χ4v) is 5.38. The molecule has 1 heterocycles. The van der Waals surface area contributed by atoms with Crippen LogP contribution in [-0.4, -0.2) is 37.0 Å². The van der Waals surface area contributed by atoms with Gasteiger partial charge in [0.25, 0.3) is 0 Å². The van der Waals surface area contributed by atoms with E-state index in [2.05, 4.69) is 5.32 Å². The first kappa shape index (κ1) is 22.5. The van der Waals surface area contributed by atoms with E-state index in [-0.39, 0.29) is 29.2 Å². The van der Waals surface area contributed by atoms with E-state index in [9.17, 15) is 18.0 Å². The van der Waals surface area contributed by atoms with Gasteiger partial charge in [0.15, 0.2) is 5.78 Å². The molecule has 2 aromatic rings. The lowest BCUT2D eigenvalue weighted by Crippen LogP contribution is -2.52. The topological polar surface area (TPSA) is 83.6 Å². The van der Waals surface area contributed by atoms with Crippen molar-refractivity contribution in [1.29, 1.82) is 0 Å². The fraction of sp³-hybridized carbons (Fsp3) is 0.364. The Morgan fingerprint density at radius 1 is 1.07 bits per heavy atom. The average molecular weight is 449 g/mol. The second kappa shape index (κ2) is 9.29. The number of nitrogens with one attached hydrogen (secondary N) is 1. The molecule has 3 rings (SSSR count). The number of Topliss-reactive ketones (excluding diaryl/α,β-unsaturated/α-hetero) is 1. The van der Waals surface area contributed by atoms with Crippen LogP contribution in [0.2, 0.25) is 5.02 Å². The first-order valence-electron chi connectivity index (χ1n) is 9.89. The van der Waals surface area contributed by atoms with Crippen molar-refractivity contribution in [1.82, 2.24) is 9.62 Å². The van der Waals surface area contributed by atoms with Gasteiger partial charge in [-0.1, -0.05) is 42.3 Å². The lowest BCUT2D eigenvalue weighted by Gasteiger charge is -2.34. The number of hydrogen-bond donors (Lipinski definition) is 1. The van der Waals surface area contributed by atoms with Crippen molar-refractivity contribution in [2.45, 2.75) is 50.1 Å². The molecular weight excluding hydrogens is 424 g/mol. The van der Waals surface area contributed by atoms with Gasteiger partial charge in [0.05, 0.1) is 10.9 Å². The lowest BCUT2D eigenvalue weighted by molar-refractivity contribution is -0.126. The third-order valence-corrected chi connectivity index (χ3v) is 7.53. The second-order valence-electron chi connectivity index (χ2n) is 7.49. The summed E-state index contributed by atoms with van der Waals surface area (Å²) in [5.41, 5.74) is 1.33. The van der Waals surface area contributed by atoms with E-state index in [0.717, 1.165) is 12.0 Å². The van der Waals surface area contributed by atoms with Crippen molar-refractivity contribution in [3.8, 4) is 0 Å². The minimum absolute atomic E-state index is 0.0814. The molecule has 0 radical (unpaired) electrons. The molecule has 2 unspecified atom stereocenters. The summed E-state index contributed by atoms with van der Waals surface area (Å²) in [5.74, 6) is -0.452. The van der Waals surface area contributed by atoms with Gasteiger partial charge in [-0.25, -0.2) is 8.42 Å².